The van der Waals surface area contributed by atoms with Gasteiger partial charge in [-0.05, 0) is 29.8 Å². The number of esters is 1. The molecule has 2 aromatic rings. The number of para-hydroxylation sites is 1. The monoisotopic (exact) mass is 455 g/mol. The Labute approximate surface area is 188 Å². The lowest BCUT2D eigenvalue weighted by Crippen LogP contribution is -2.31. The van der Waals surface area contributed by atoms with Gasteiger partial charge < -0.3 is 15.4 Å². The van der Waals surface area contributed by atoms with Crippen LogP contribution in [0.25, 0.3) is 0 Å². The Morgan fingerprint density at radius 1 is 1.26 bits per heavy atom. The van der Waals surface area contributed by atoms with Crippen molar-refractivity contribution in [1.82, 2.24) is 5.32 Å². The summed E-state index contributed by atoms with van der Waals surface area (Å²) >= 11 is 6.99. The normalized spacial score (nSPS) is 15.6. The fourth-order valence-electron chi connectivity index (χ4n) is 3.12. The number of nitrogens with zero attached hydrogens (tertiary/aromatic N) is 1. The summed E-state index contributed by atoms with van der Waals surface area (Å²) in [6.45, 7) is 0. The van der Waals surface area contributed by atoms with E-state index in [-0.39, 0.29) is 23.6 Å². The zero-order valence-corrected chi connectivity index (χ0v) is 18.0. The highest BCUT2D eigenvalue weighted by Gasteiger charge is 2.30. The highest BCUT2D eigenvalue weighted by atomic mass is 35.5. The number of amides is 2. The smallest absolute Gasteiger partial charge is 0.339 e. The van der Waals surface area contributed by atoms with E-state index < -0.39 is 17.8 Å². The van der Waals surface area contributed by atoms with E-state index in [9.17, 15) is 19.6 Å². The predicted octanol–water partition coefficient (Wildman–Crippen LogP) is 3.84. The highest BCUT2D eigenvalue weighted by molar-refractivity contribution is 8.03. The average molecular weight is 456 g/mol. The third-order valence-corrected chi connectivity index (χ3v) is 5.85. The van der Waals surface area contributed by atoms with E-state index in [1.165, 1.54) is 7.11 Å². The zero-order chi connectivity index (χ0) is 22.4. The van der Waals surface area contributed by atoms with Gasteiger partial charge in [-0.25, -0.2) is 4.79 Å². The van der Waals surface area contributed by atoms with Gasteiger partial charge in [0.05, 0.1) is 40.8 Å². The number of hydrogen-bond acceptors (Lipinski definition) is 6. The first-order chi connectivity index (χ1) is 14.9. The number of halogens is 1. The van der Waals surface area contributed by atoms with Gasteiger partial charge in [-0.3, -0.25) is 9.59 Å². The molecular formula is C22H18ClN3O4S. The van der Waals surface area contributed by atoms with E-state index in [0.717, 1.165) is 17.3 Å². The lowest BCUT2D eigenvalue weighted by atomic mass is 9.87. The molecule has 0 saturated heterocycles. The number of benzene rings is 2. The maximum Gasteiger partial charge on any atom is 0.339 e. The van der Waals surface area contributed by atoms with Crippen molar-refractivity contribution in [3.63, 3.8) is 0 Å². The Bertz CT molecular complexity index is 1090. The van der Waals surface area contributed by atoms with Crippen molar-refractivity contribution in [1.29, 1.82) is 5.26 Å². The Balaban J connectivity index is 1.76. The Hall–Kier alpha value is -3.28. The fraction of sp³-hybridized carbons (Fsp3) is 0.182. The van der Waals surface area contributed by atoms with E-state index in [1.807, 2.05) is 0 Å². The van der Waals surface area contributed by atoms with Gasteiger partial charge in [-0.2, -0.15) is 5.26 Å². The minimum atomic E-state index is -0.566. The summed E-state index contributed by atoms with van der Waals surface area (Å²) in [5.74, 6) is -1.68. The Morgan fingerprint density at radius 2 is 1.97 bits per heavy atom. The largest absolute Gasteiger partial charge is 0.465 e. The molecule has 3 rings (SSSR count). The lowest BCUT2D eigenvalue weighted by Gasteiger charge is -2.25. The van der Waals surface area contributed by atoms with Crippen LogP contribution in [0, 0.1) is 11.3 Å². The quantitative estimate of drug-likeness (QED) is 0.640. The van der Waals surface area contributed by atoms with Gasteiger partial charge in [0.2, 0.25) is 11.8 Å². The second-order valence-electron chi connectivity index (χ2n) is 6.59. The SMILES string of the molecule is COC(=O)c1ccccc1NC(=O)CSC1=C(C#N)[C@H](c2ccc(Cl)cc2)CC(=O)N1. The van der Waals surface area contributed by atoms with Crippen molar-refractivity contribution < 1.29 is 19.1 Å². The lowest BCUT2D eigenvalue weighted by molar-refractivity contribution is -0.121. The number of methoxy groups -OCH3 is 1. The molecule has 0 aromatic heterocycles. The van der Waals surface area contributed by atoms with Gasteiger partial charge in [0.25, 0.3) is 0 Å². The first-order valence-electron chi connectivity index (χ1n) is 9.22. The van der Waals surface area contributed by atoms with Crippen LogP contribution < -0.4 is 10.6 Å². The summed E-state index contributed by atoms with van der Waals surface area (Å²) in [7, 11) is 1.26. The molecule has 1 aliphatic heterocycles. The van der Waals surface area contributed by atoms with Crippen molar-refractivity contribution in [3.8, 4) is 6.07 Å². The first-order valence-corrected chi connectivity index (χ1v) is 10.6. The van der Waals surface area contributed by atoms with Crippen molar-refractivity contribution in [2.24, 2.45) is 0 Å². The summed E-state index contributed by atoms with van der Waals surface area (Å²) in [4.78, 5) is 36.5. The standard InChI is InChI=1S/C22H18ClN3O4S/c1-30-22(29)15-4-2-3-5-18(15)25-20(28)12-31-21-17(11-24)16(10-19(27)26-21)13-6-8-14(23)9-7-13/h2-9,16H,10,12H2,1H3,(H,25,28)(H,26,27)/t16-/m0/s1. The second kappa shape index (κ2) is 10.2. The van der Waals surface area contributed by atoms with E-state index in [2.05, 4.69) is 16.7 Å². The molecule has 2 amide bonds. The van der Waals surface area contributed by atoms with Crippen LogP contribution in [0.2, 0.25) is 5.02 Å². The summed E-state index contributed by atoms with van der Waals surface area (Å²) in [6, 6.07) is 15.6. The molecule has 0 unspecified atom stereocenters. The van der Waals surface area contributed by atoms with E-state index >= 15 is 0 Å². The molecule has 31 heavy (non-hydrogen) atoms. The van der Waals surface area contributed by atoms with Gasteiger partial charge in [0.1, 0.15) is 0 Å². The number of nitrogens with one attached hydrogen (secondary N) is 2. The number of anilines is 1. The van der Waals surface area contributed by atoms with Crippen LogP contribution in [0.3, 0.4) is 0 Å². The minimum Gasteiger partial charge on any atom is -0.465 e. The zero-order valence-electron chi connectivity index (χ0n) is 16.5. The third-order valence-electron chi connectivity index (χ3n) is 4.58. The maximum atomic E-state index is 12.5. The summed E-state index contributed by atoms with van der Waals surface area (Å²) in [6.07, 6.45) is 0.132. The summed E-state index contributed by atoms with van der Waals surface area (Å²) in [5, 5.41) is 16.0. The number of carbonyl (C=O) groups is 3. The molecule has 158 valence electrons. The molecule has 0 spiro atoms. The van der Waals surface area contributed by atoms with Crippen LogP contribution in [0.4, 0.5) is 5.69 Å². The molecule has 1 atom stereocenters. The molecule has 2 aromatic carbocycles. The van der Waals surface area contributed by atoms with Gasteiger partial charge in [-0.15, -0.1) is 0 Å². The third kappa shape index (κ3) is 5.45. The van der Waals surface area contributed by atoms with Crippen LogP contribution in [0.1, 0.15) is 28.3 Å². The number of allylic oxidation sites excluding steroid dienone is 1. The molecule has 0 fully saturated rings. The fourth-order valence-corrected chi connectivity index (χ4v) is 4.12. The van der Waals surface area contributed by atoms with Gasteiger partial charge in [0.15, 0.2) is 0 Å². The topological polar surface area (TPSA) is 108 Å². The van der Waals surface area contributed by atoms with Crippen molar-refractivity contribution in [2.45, 2.75) is 12.3 Å². The number of rotatable bonds is 6. The number of ether oxygens (including phenoxy) is 1. The van der Waals surface area contributed by atoms with E-state index in [4.69, 9.17) is 16.3 Å². The average Bonchev–Trinajstić information content (AvgIpc) is 2.77. The molecule has 1 heterocycles. The molecule has 0 aliphatic carbocycles. The molecule has 7 nitrogen and oxygen atoms in total. The summed E-state index contributed by atoms with van der Waals surface area (Å²) in [5.41, 5.74) is 1.73. The van der Waals surface area contributed by atoms with Crippen molar-refractivity contribution >= 4 is 46.8 Å². The highest BCUT2D eigenvalue weighted by Crippen LogP contribution is 2.36. The second-order valence-corrected chi connectivity index (χ2v) is 8.01. The minimum absolute atomic E-state index is 0.0658. The number of carbonyl (C=O) groups excluding carboxylic acids is 3. The molecule has 0 radical (unpaired) electrons. The van der Waals surface area contributed by atoms with Crippen LogP contribution in [0.15, 0.2) is 59.1 Å². The molecule has 2 N–H and O–H groups in total. The van der Waals surface area contributed by atoms with Crippen molar-refractivity contribution in [2.75, 3.05) is 18.2 Å². The number of nitriles is 1. The summed E-state index contributed by atoms with van der Waals surface area (Å²) < 4.78 is 4.72. The van der Waals surface area contributed by atoms with Gasteiger partial charge >= 0.3 is 5.97 Å². The first kappa shape index (κ1) is 22.4. The van der Waals surface area contributed by atoms with Gasteiger partial charge in [-0.1, -0.05) is 47.6 Å². The van der Waals surface area contributed by atoms with Crippen LogP contribution in [-0.4, -0.2) is 30.6 Å². The molecule has 1 aliphatic rings. The number of thioether (sulfide) groups is 1. The predicted molar refractivity (Wildman–Crippen MR) is 118 cm³/mol. The molecule has 0 saturated carbocycles. The molecular weight excluding hydrogens is 438 g/mol. The maximum absolute atomic E-state index is 12.5. The number of hydrogen-bond donors (Lipinski definition) is 2. The van der Waals surface area contributed by atoms with Crippen molar-refractivity contribution in [3.05, 3.63) is 75.3 Å². The Kier molecular flexibility index (Phi) is 7.34. The van der Waals surface area contributed by atoms with Crippen LogP contribution in [0.5, 0.6) is 0 Å². The van der Waals surface area contributed by atoms with Crippen LogP contribution in [-0.2, 0) is 14.3 Å². The molecule has 9 heteroatoms. The molecule has 0 bridgehead atoms. The van der Waals surface area contributed by atoms with Crippen LogP contribution >= 0.6 is 23.4 Å². The Morgan fingerprint density at radius 3 is 2.65 bits per heavy atom. The van der Waals surface area contributed by atoms with E-state index in [0.29, 0.717) is 21.3 Å². The van der Waals surface area contributed by atoms with Gasteiger partial charge in [0, 0.05) is 17.4 Å². The van der Waals surface area contributed by atoms with E-state index in [1.54, 1.807) is 48.5 Å².